The molecule has 0 radical (unpaired) electrons. The maximum absolute atomic E-state index is 7.97. The van der Waals surface area contributed by atoms with E-state index in [1.54, 1.807) is 0 Å². The standard InChI is InChI=1S/C3H5N3O3/c7-4-1-3(6-9)2-5-8/h1-2,7-9H/b4-1-,5-2-. The molecular weight excluding hydrogens is 126 g/mol. The molecule has 0 aromatic rings. The molecular formula is C3H5N3O3. The average Bonchev–Trinajstić information content (AvgIpc) is 1.88. The third-order valence-electron chi connectivity index (χ3n) is 0.495. The van der Waals surface area contributed by atoms with Gasteiger partial charge in [0, 0.05) is 0 Å². The van der Waals surface area contributed by atoms with Crippen molar-refractivity contribution in [1.29, 1.82) is 0 Å². The van der Waals surface area contributed by atoms with Gasteiger partial charge in [-0.15, -0.1) is 0 Å². The molecule has 0 aliphatic rings. The van der Waals surface area contributed by atoms with Crippen LogP contribution < -0.4 is 0 Å². The Morgan fingerprint density at radius 2 is 1.44 bits per heavy atom. The molecule has 0 aliphatic heterocycles. The Morgan fingerprint density at radius 1 is 1.00 bits per heavy atom. The Labute approximate surface area is 50.4 Å². The third kappa shape index (κ3) is 3.03. The Balaban J connectivity index is 4.01. The van der Waals surface area contributed by atoms with Crippen LogP contribution in [0.3, 0.4) is 0 Å². The molecule has 9 heavy (non-hydrogen) atoms. The molecule has 0 aromatic carbocycles. The predicted molar refractivity (Wildman–Crippen MR) is 29.8 cm³/mol. The normalized spacial score (nSPS) is 10.7. The molecule has 0 amide bonds. The molecule has 0 saturated heterocycles. The fourth-order valence-electron chi connectivity index (χ4n) is 0.203. The molecule has 0 aromatic heterocycles. The van der Waals surface area contributed by atoms with Crippen molar-refractivity contribution < 1.29 is 15.6 Å². The quantitative estimate of drug-likeness (QED) is 0.273. The van der Waals surface area contributed by atoms with Gasteiger partial charge in [-0.25, -0.2) is 0 Å². The molecule has 3 N–H and O–H groups in total. The van der Waals surface area contributed by atoms with E-state index in [1.807, 2.05) is 0 Å². The maximum Gasteiger partial charge on any atom is 0.145 e. The van der Waals surface area contributed by atoms with Crippen molar-refractivity contribution in [3.63, 3.8) is 0 Å². The molecule has 0 unspecified atom stereocenters. The van der Waals surface area contributed by atoms with Gasteiger partial charge in [0.05, 0.1) is 12.4 Å². The highest BCUT2D eigenvalue weighted by atomic mass is 16.4. The average molecular weight is 131 g/mol. The molecule has 0 atom stereocenters. The summed E-state index contributed by atoms with van der Waals surface area (Å²) in [5.41, 5.74) is -0.153. The zero-order valence-electron chi connectivity index (χ0n) is 4.34. The van der Waals surface area contributed by atoms with Crippen LogP contribution in [0.4, 0.5) is 0 Å². The summed E-state index contributed by atoms with van der Waals surface area (Å²) in [5.74, 6) is 0. The molecule has 0 fully saturated rings. The van der Waals surface area contributed by atoms with Crippen molar-refractivity contribution in [1.82, 2.24) is 0 Å². The maximum atomic E-state index is 7.97. The SMILES string of the molecule is ON=C(/C=N\O)/C=N\O. The second-order valence-corrected chi connectivity index (χ2v) is 1.01. The molecule has 0 aliphatic carbocycles. The summed E-state index contributed by atoms with van der Waals surface area (Å²) < 4.78 is 0. The Bertz CT molecular complexity index is 136. The smallest absolute Gasteiger partial charge is 0.145 e. The molecule has 0 rings (SSSR count). The highest BCUT2D eigenvalue weighted by Crippen LogP contribution is 1.66. The lowest BCUT2D eigenvalue weighted by Crippen LogP contribution is -2.00. The first-order chi connectivity index (χ1) is 4.35. The lowest BCUT2D eigenvalue weighted by atomic mass is 10.4. The van der Waals surface area contributed by atoms with Gasteiger partial charge in [0.15, 0.2) is 0 Å². The van der Waals surface area contributed by atoms with Crippen LogP contribution in [0.1, 0.15) is 0 Å². The first kappa shape index (κ1) is 7.41. The van der Waals surface area contributed by atoms with E-state index in [4.69, 9.17) is 15.6 Å². The van der Waals surface area contributed by atoms with Crippen LogP contribution in [0.15, 0.2) is 15.5 Å². The minimum atomic E-state index is -0.153. The Morgan fingerprint density at radius 3 is 1.67 bits per heavy atom. The second-order valence-electron chi connectivity index (χ2n) is 1.01. The summed E-state index contributed by atoms with van der Waals surface area (Å²) in [5, 5.41) is 31.2. The van der Waals surface area contributed by atoms with Crippen LogP contribution in [0, 0.1) is 0 Å². The van der Waals surface area contributed by atoms with E-state index in [-0.39, 0.29) is 5.71 Å². The monoisotopic (exact) mass is 131 g/mol. The molecule has 0 heterocycles. The third-order valence-corrected chi connectivity index (χ3v) is 0.495. The molecule has 0 saturated carbocycles. The zero-order chi connectivity index (χ0) is 7.11. The van der Waals surface area contributed by atoms with Crippen LogP contribution in [0.2, 0.25) is 0 Å². The summed E-state index contributed by atoms with van der Waals surface area (Å²) >= 11 is 0. The first-order valence-corrected chi connectivity index (χ1v) is 1.92. The van der Waals surface area contributed by atoms with E-state index in [1.165, 1.54) is 0 Å². The molecule has 6 nitrogen and oxygen atoms in total. The van der Waals surface area contributed by atoms with Crippen molar-refractivity contribution in [2.75, 3.05) is 0 Å². The fraction of sp³-hybridized carbons (Fsp3) is 0. The first-order valence-electron chi connectivity index (χ1n) is 1.92. The largest absolute Gasteiger partial charge is 0.411 e. The Hall–Kier alpha value is -1.59. The number of rotatable bonds is 2. The number of hydrogen-bond acceptors (Lipinski definition) is 6. The molecule has 6 heteroatoms. The van der Waals surface area contributed by atoms with Crippen molar-refractivity contribution >= 4 is 18.1 Å². The predicted octanol–water partition coefficient (Wildman–Crippen LogP) is -0.263. The summed E-state index contributed by atoms with van der Waals surface area (Å²) in [6.07, 6.45) is 1.61. The fourth-order valence-corrected chi connectivity index (χ4v) is 0.203. The lowest BCUT2D eigenvalue weighted by Gasteiger charge is -1.80. The number of hydrogen-bond donors (Lipinski definition) is 3. The summed E-state index contributed by atoms with van der Waals surface area (Å²) in [6.45, 7) is 0. The van der Waals surface area contributed by atoms with Crippen molar-refractivity contribution in [3.05, 3.63) is 0 Å². The van der Waals surface area contributed by atoms with Crippen LogP contribution in [-0.4, -0.2) is 33.8 Å². The van der Waals surface area contributed by atoms with Gasteiger partial charge >= 0.3 is 0 Å². The van der Waals surface area contributed by atoms with E-state index in [2.05, 4.69) is 15.5 Å². The van der Waals surface area contributed by atoms with Crippen LogP contribution in [0.5, 0.6) is 0 Å². The van der Waals surface area contributed by atoms with Gasteiger partial charge in [-0.1, -0.05) is 15.5 Å². The van der Waals surface area contributed by atoms with Gasteiger partial charge < -0.3 is 15.6 Å². The second kappa shape index (κ2) is 4.57. The van der Waals surface area contributed by atoms with E-state index in [9.17, 15) is 0 Å². The van der Waals surface area contributed by atoms with Crippen LogP contribution in [0.25, 0.3) is 0 Å². The van der Waals surface area contributed by atoms with Gasteiger partial charge in [-0.05, 0) is 0 Å². The van der Waals surface area contributed by atoms with Crippen LogP contribution in [-0.2, 0) is 0 Å². The van der Waals surface area contributed by atoms with E-state index < -0.39 is 0 Å². The zero-order valence-corrected chi connectivity index (χ0v) is 4.34. The highest BCUT2D eigenvalue weighted by molar-refractivity contribution is 6.55. The highest BCUT2D eigenvalue weighted by Gasteiger charge is 1.87. The van der Waals surface area contributed by atoms with Gasteiger partial charge in [0.25, 0.3) is 0 Å². The summed E-state index contributed by atoms with van der Waals surface area (Å²) in [6, 6.07) is 0. The van der Waals surface area contributed by atoms with E-state index in [0.29, 0.717) is 0 Å². The molecule has 0 bridgehead atoms. The van der Waals surface area contributed by atoms with Crippen molar-refractivity contribution in [2.45, 2.75) is 0 Å². The van der Waals surface area contributed by atoms with Crippen molar-refractivity contribution in [3.8, 4) is 0 Å². The van der Waals surface area contributed by atoms with Gasteiger partial charge in [0.1, 0.15) is 5.71 Å². The van der Waals surface area contributed by atoms with E-state index >= 15 is 0 Å². The minimum absolute atomic E-state index is 0.153. The molecule has 0 spiro atoms. The number of nitrogens with zero attached hydrogens (tertiary/aromatic N) is 3. The summed E-state index contributed by atoms with van der Waals surface area (Å²) in [7, 11) is 0. The van der Waals surface area contributed by atoms with Gasteiger partial charge in [0.2, 0.25) is 0 Å². The number of oxime groups is 3. The van der Waals surface area contributed by atoms with Gasteiger partial charge in [-0.2, -0.15) is 0 Å². The van der Waals surface area contributed by atoms with E-state index in [0.717, 1.165) is 12.4 Å². The van der Waals surface area contributed by atoms with Gasteiger partial charge in [-0.3, -0.25) is 0 Å². The molecule has 50 valence electrons. The Kier molecular flexibility index (Phi) is 3.76. The topological polar surface area (TPSA) is 97.8 Å². The lowest BCUT2D eigenvalue weighted by molar-refractivity contribution is 0.314. The van der Waals surface area contributed by atoms with Crippen LogP contribution >= 0.6 is 0 Å². The minimum Gasteiger partial charge on any atom is -0.411 e. The van der Waals surface area contributed by atoms with Crippen molar-refractivity contribution in [2.24, 2.45) is 15.5 Å². The summed E-state index contributed by atoms with van der Waals surface area (Å²) in [4.78, 5) is 0.